The summed E-state index contributed by atoms with van der Waals surface area (Å²) in [6.45, 7) is 0. The van der Waals surface area contributed by atoms with Crippen LogP contribution in [0.5, 0.6) is 11.6 Å². The molecule has 1 heterocycles. The van der Waals surface area contributed by atoms with Gasteiger partial charge in [-0.2, -0.15) is 4.37 Å². The zero-order valence-electron chi connectivity index (χ0n) is 9.82. The minimum absolute atomic E-state index is 0.149. The van der Waals surface area contributed by atoms with Gasteiger partial charge >= 0.3 is 5.97 Å². The normalized spacial score (nSPS) is 10.7. The van der Waals surface area contributed by atoms with E-state index >= 15 is 0 Å². The summed E-state index contributed by atoms with van der Waals surface area (Å²) in [7, 11) is 0. The van der Waals surface area contributed by atoms with Crippen molar-refractivity contribution >= 4 is 35.4 Å². The first-order valence-electron chi connectivity index (χ1n) is 5.27. The minimum atomic E-state index is -1.03. The molecule has 0 aliphatic heterocycles. The maximum Gasteiger partial charge on any atom is 0.328 e. The topological polar surface area (TPSA) is 89.4 Å². The fraction of sp³-hybridized carbons (Fsp3) is 0. The first kappa shape index (κ1) is 14.2. The number of ether oxygens (including phenoxy) is 1. The van der Waals surface area contributed by atoms with E-state index in [-0.39, 0.29) is 11.0 Å². The van der Waals surface area contributed by atoms with Crippen LogP contribution in [0.1, 0.15) is 5.56 Å². The summed E-state index contributed by atoms with van der Waals surface area (Å²) < 4.78 is 12.6. The van der Waals surface area contributed by atoms with Gasteiger partial charge in [0.25, 0.3) is 11.3 Å². The van der Waals surface area contributed by atoms with Crippen molar-refractivity contribution < 1.29 is 14.6 Å². The van der Waals surface area contributed by atoms with E-state index in [4.69, 9.17) is 21.4 Å². The second kappa shape index (κ2) is 6.27. The highest BCUT2D eigenvalue weighted by atomic mass is 35.5. The Labute approximate surface area is 122 Å². The molecular weight excluding hydrogens is 304 g/mol. The third-order valence-corrected chi connectivity index (χ3v) is 3.01. The average Bonchev–Trinajstić information content (AvgIpc) is 2.43. The summed E-state index contributed by atoms with van der Waals surface area (Å²) in [5.74, 6) is -0.793. The van der Waals surface area contributed by atoms with E-state index in [1.807, 2.05) is 0 Å². The third kappa shape index (κ3) is 3.62. The maximum absolute atomic E-state index is 11.6. The SMILES string of the molecule is O=C(O)C=Cc1ccc(Oc2nsnc(Cl)c2=O)cc1. The predicted molar refractivity (Wildman–Crippen MR) is 74.4 cm³/mol. The van der Waals surface area contributed by atoms with E-state index in [9.17, 15) is 9.59 Å². The van der Waals surface area contributed by atoms with Gasteiger partial charge in [0, 0.05) is 6.08 Å². The molecule has 0 unspecified atom stereocenters. The number of carbonyl (C=O) groups is 1. The van der Waals surface area contributed by atoms with Crippen LogP contribution in [0.3, 0.4) is 0 Å². The van der Waals surface area contributed by atoms with E-state index in [0.717, 1.165) is 17.8 Å². The zero-order chi connectivity index (χ0) is 14.5. The van der Waals surface area contributed by atoms with E-state index in [1.165, 1.54) is 6.08 Å². The van der Waals surface area contributed by atoms with E-state index < -0.39 is 11.4 Å². The Hall–Kier alpha value is -2.25. The van der Waals surface area contributed by atoms with Crippen LogP contribution in [0.25, 0.3) is 6.08 Å². The molecule has 1 N–H and O–H groups in total. The number of benzene rings is 1. The molecule has 0 bridgehead atoms. The summed E-state index contributed by atoms with van der Waals surface area (Å²) in [4.78, 5) is 21.9. The number of aromatic nitrogens is 2. The Morgan fingerprint density at radius 2 is 2.00 bits per heavy atom. The van der Waals surface area contributed by atoms with Crippen LogP contribution >= 0.6 is 23.3 Å². The summed E-state index contributed by atoms with van der Waals surface area (Å²) in [6, 6.07) is 6.46. The van der Waals surface area contributed by atoms with Gasteiger partial charge in [0.1, 0.15) is 5.75 Å². The highest BCUT2D eigenvalue weighted by Crippen LogP contribution is 2.19. The molecule has 0 atom stereocenters. The molecule has 102 valence electrons. The number of nitrogens with zero attached hydrogens (tertiary/aromatic N) is 2. The first-order valence-corrected chi connectivity index (χ1v) is 6.38. The lowest BCUT2D eigenvalue weighted by Gasteiger charge is -2.03. The number of carboxylic acid groups (broad SMARTS) is 1. The average molecular weight is 311 g/mol. The maximum atomic E-state index is 11.6. The molecular formula is C12H7ClN2O4S. The molecule has 0 aliphatic carbocycles. The fourth-order valence-corrected chi connectivity index (χ4v) is 1.82. The molecule has 20 heavy (non-hydrogen) atoms. The number of halogens is 1. The van der Waals surface area contributed by atoms with Crippen LogP contribution in [-0.2, 0) is 4.79 Å². The molecule has 0 fully saturated rings. The Morgan fingerprint density at radius 1 is 1.30 bits per heavy atom. The number of hydrogen-bond donors (Lipinski definition) is 1. The standard InChI is InChI=1S/C12H7ClN2O4S/c13-11-10(18)12(15-20-14-11)19-8-4-1-7(2-5-8)3-6-9(16)17/h1-6H,(H,16,17). The number of rotatable bonds is 4. The smallest absolute Gasteiger partial charge is 0.328 e. The van der Waals surface area contributed by atoms with Crippen molar-refractivity contribution in [3.05, 3.63) is 51.3 Å². The van der Waals surface area contributed by atoms with E-state index in [0.29, 0.717) is 11.3 Å². The molecule has 0 saturated carbocycles. The molecule has 0 aliphatic rings. The van der Waals surface area contributed by atoms with Crippen LogP contribution in [0.2, 0.25) is 5.15 Å². The number of hydrogen-bond acceptors (Lipinski definition) is 6. The second-order valence-electron chi connectivity index (χ2n) is 3.53. The predicted octanol–water partition coefficient (Wildman–Crippen LogP) is 2.44. The second-order valence-corrected chi connectivity index (χ2v) is 4.42. The molecule has 6 nitrogen and oxygen atoms in total. The molecule has 1 aromatic carbocycles. The Balaban J connectivity index is 2.17. The minimum Gasteiger partial charge on any atom is -0.478 e. The summed E-state index contributed by atoms with van der Waals surface area (Å²) in [6.07, 6.45) is 2.46. The lowest BCUT2D eigenvalue weighted by Crippen LogP contribution is -2.07. The van der Waals surface area contributed by atoms with Crippen LogP contribution in [0.15, 0.2) is 35.1 Å². The molecule has 2 rings (SSSR count). The van der Waals surface area contributed by atoms with Gasteiger partial charge in [-0.25, -0.2) is 4.79 Å². The Morgan fingerprint density at radius 3 is 2.65 bits per heavy atom. The number of aliphatic carboxylic acids is 1. The third-order valence-electron chi connectivity index (χ3n) is 2.14. The molecule has 0 amide bonds. The molecule has 1 aromatic heterocycles. The molecule has 0 saturated heterocycles. The summed E-state index contributed by atoms with van der Waals surface area (Å²) in [5.41, 5.74) is 0.103. The van der Waals surface area contributed by atoms with Crippen LogP contribution in [0.4, 0.5) is 0 Å². The van der Waals surface area contributed by atoms with Gasteiger partial charge in [-0.05, 0) is 23.8 Å². The van der Waals surface area contributed by atoms with Gasteiger partial charge in [0.05, 0.1) is 11.7 Å². The van der Waals surface area contributed by atoms with Crippen molar-refractivity contribution in [2.75, 3.05) is 0 Å². The van der Waals surface area contributed by atoms with Crippen molar-refractivity contribution in [3.63, 3.8) is 0 Å². The molecule has 0 spiro atoms. The Kier molecular flexibility index (Phi) is 4.44. The van der Waals surface area contributed by atoms with Crippen molar-refractivity contribution in [1.82, 2.24) is 8.75 Å². The quantitative estimate of drug-likeness (QED) is 0.872. The van der Waals surface area contributed by atoms with Crippen LogP contribution in [-0.4, -0.2) is 19.8 Å². The van der Waals surface area contributed by atoms with Gasteiger partial charge < -0.3 is 9.84 Å². The lowest BCUT2D eigenvalue weighted by atomic mass is 10.2. The molecule has 0 radical (unpaired) electrons. The van der Waals surface area contributed by atoms with Crippen LogP contribution < -0.4 is 10.2 Å². The summed E-state index contributed by atoms with van der Waals surface area (Å²) >= 11 is 6.35. The highest BCUT2D eigenvalue weighted by molar-refractivity contribution is 6.99. The van der Waals surface area contributed by atoms with Crippen LogP contribution in [0, 0.1) is 0 Å². The van der Waals surface area contributed by atoms with Crippen molar-refractivity contribution in [1.29, 1.82) is 0 Å². The van der Waals surface area contributed by atoms with Gasteiger partial charge in [0.15, 0.2) is 5.15 Å². The Bertz CT molecular complexity index is 712. The lowest BCUT2D eigenvalue weighted by molar-refractivity contribution is -0.131. The first-order chi connectivity index (χ1) is 9.56. The van der Waals surface area contributed by atoms with Gasteiger partial charge in [-0.1, -0.05) is 23.7 Å². The van der Waals surface area contributed by atoms with Crippen molar-refractivity contribution in [2.24, 2.45) is 0 Å². The largest absolute Gasteiger partial charge is 0.478 e. The van der Waals surface area contributed by atoms with Gasteiger partial charge in [-0.3, -0.25) is 4.79 Å². The fourth-order valence-electron chi connectivity index (χ4n) is 1.26. The monoisotopic (exact) mass is 310 g/mol. The van der Waals surface area contributed by atoms with Crippen molar-refractivity contribution in [3.8, 4) is 11.6 Å². The van der Waals surface area contributed by atoms with E-state index in [1.54, 1.807) is 24.3 Å². The van der Waals surface area contributed by atoms with Crippen molar-refractivity contribution in [2.45, 2.75) is 0 Å². The van der Waals surface area contributed by atoms with Gasteiger partial charge in [-0.15, -0.1) is 4.37 Å². The summed E-state index contributed by atoms with van der Waals surface area (Å²) in [5, 5.41) is 8.32. The van der Waals surface area contributed by atoms with E-state index in [2.05, 4.69) is 8.75 Å². The highest BCUT2D eigenvalue weighted by Gasteiger charge is 2.08. The molecule has 2 aromatic rings. The number of carboxylic acids is 1. The molecule has 8 heteroatoms. The van der Waals surface area contributed by atoms with Gasteiger partial charge in [0.2, 0.25) is 0 Å². The zero-order valence-corrected chi connectivity index (χ0v) is 11.4.